The van der Waals surface area contributed by atoms with E-state index in [1.165, 1.54) is 0 Å². The summed E-state index contributed by atoms with van der Waals surface area (Å²) in [6.45, 7) is 6.04. The monoisotopic (exact) mass is 180 g/mol. The maximum Gasteiger partial charge on any atom is 0.171 e. The van der Waals surface area contributed by atoms with Gasteiger partial charge in [0.15, 0.2) is 5.69 Å². The number of hydrogen-bond donors (Lipinski definition) is 2. The van der Waals surface area contributed by atoms with Gasteiger partial charge in [0.1, 0.15) is 5.54 Å². The third-order valence-corrected chi connectivity index (χ3v) is 2.29. The molecule has 0 spiro atoms. The Kier molecular flexibility index (Phi) is 2.43. The van der Waals surface area contributed by atoms with Crippen molar-refractivity contribution in [3.8, 4) is 0 Å². The first-order valence-corrected chi connectivity index (χ1v) is 4.37. The topological polar surface area (TPSA) is 52.0 Å². The lowest BCUT2D eigenvalue weighted by molar-refractivity contribution is 0.144. The fourth-order valence-corrected chi connectivity index (χ4v) is 1.06. The van der Waals surface area contributed by atoms with Crippen molar-refractivity contribution in [3.63, 3.8) is 0 Å². The molecule has 0 atom stereocenters. The Morgan fingerprint density at radius 1 is 1.00 bits per heavy atom. The van der Waals surface area contributed by atoms with Gasteiger partial charge in [0.05, 0.1) is 0 Å². The molecule has 3 heteroatoms. The number of hydrogen-bond acceptors (Lipinski definition) is 2. The molecule has 0 bridgehead atoms. The third-order valence-electron chi connectivity index (χ3n) is 2.29. The molecule has 72 valence electrons. The second-order valence-corrected chi connectivity index (χ2v) is 4.28. The third kappa shape index (κ3) is 1.88. The number of nitrogens with two attached hydrogens (primary N) is 2. The minimum Gasteiger partial charge on any atom is -0.155 e. The average molecular weight is 180 g/mol. The first kappa shape index (κ1) is 10.2. The second-order valence-electron chi connectivity index (χ2n) is 4.28. The highest BCUT2D eigenvalue weighted by Crippen LogP contribution is 2.23. The van der Waals surface area contributed by atoms with E-state index in [9.17, 15) is 0 Å². The van der Waals surface area contributed by atoms with Gasteiger partial charge in [0.2, 0.25) is 0 Å². The van der Waals surface area contributed by atoms with Gasteiger partial charge in [0.25, 0.3) is 0 Å². The number of quaternary nitrogens is 1. The van der Waals surface area contributed by atoms with Crippen molar-refractivity contribution in [3.05, 3.63) is 30.3 Å². The zero-order chi connectivity index (χ0) is 10.1. The highest BCUT2D eigenvalue weighted by atomic mass is 15.8. The van der Waals surface area contributed by atoms with Crippen LogP contribution in [0.1, 0.15) is 20.8 Å². The van der Waals surface area contributed by atoms with Crippen LogP contribution >= 0.6 is 0 Å². The average Bonchev–Trinajstić information content (AvgIpc) is 2.04. The maximum atomic E-state index is 6.03. The summed E-state index contributed by atoms with van der Waals surface area (Å²) in [6, 6.07) is 9.70. The summed E-state index contributed by atoms with van der Waals surface area (Å²) in [6.07, 6.45) is 0. The Labute approximate surface area is 79.5 Å². The standard InChI is InChI=1S/C10H18N3/c1-10(2,3)13(11,12)9-7-5-4-6-8-9/h4-8H,11-12H2,1-3H3/q+1. The van der Waals surface area contributed by atoms with Crippen molar-refractivity contribution in [1.82, 2.24) is 4.70 Å². The molecule has 0 aliphatic carbocycles. The van der Waals surface area contributed by atoms with Crippen molar-refractivity contribution in [2.75, 3.05) is 0 Å². The molecule has 0 amide bonds. The molecule has 0 unspecified atom stereocenters. The smallest absolute Gasteiger partial charge is 0.155 e. The molecule has 0 radical (unpaired) electrons. The van der Waals surface area contributed by atoms with Gasteiger partial charge < -0.3 is 0 Å². The van der Waals surface area contributed by atoms with Gasteiger partial charge in [-0.05, 0) is 20.8 Å². The molecule has 0 aliphatic rings. The Balaban J connectivity index is 3.08. The molecule has 4 N–H and O–H groups in total. The summed E-state index contributed by atoms with van der Waals surface area (Å²) >= 11 is 0. The number of rotatable bonds is 1. The quantitative estimate of drug-likeness (QED) is 0.391. The van der Waals surface area contributed by atoms with Crippen LogP contribution in [0, 0.1) is 0 Å². The highest BCUT2D eigenvalue weighted by Gasteiger charge is 2.36. The molecular weight excluding hydrogens is 162 g/mol. The fraction of sp³-hybridized carbons (Fsp3) is 0.400. The number of nitrogens with zero attached hydrogens (tertiary/aromatic N) is 1. The van der Waals surface area contributed by atoms with E-state index in [0.29, 0.717) is 0 Å². The van der Waals surface area contributed by atoms with Crippen LogP contribution in [0.5, 0.6) is 0 Å². The molecule has 0 saturated carbocycles. The summed E-state index contributed by atoms with van der Waals surface area (Å²) in [7, 11) is 0. The molecule has 0 aliphatic heterocycles. The van der Waals surface area contributed by atoms with E-state index in [1.807, 2.05) is 51.1 Å². The largest absolute Gasteiger partial charge is 0.171 e. The van der Waals surface area contributed by atoms with Crippen LogP contribution in [-0.2, 0) is 0 Å². The van der Waals surface area contributed by atoms with Crippen LogP contribution < -0.4 is 16.4 Å². The van der Waals surface area contributed by atoms with Crippen molar-refractivity contribution in [2.45, 2.75) is 26.3 Å². The summed E-state index contributed by atoms with van der Waals surface area (Å²) in [4.78, 5) is 0. The molecular formula is C10H18N3+. The molecule has 0 saturated heterocycles. The van der Waals surface area contributed by atoms with E-state index >= 15 is 0 Å². The van der Waals surface area contributed by atoms with E-state index in [-0.39, 0.29) is 10.2 Å². The van der Waals surface area contributed by atoms with Gasteiger partial charge in [-0.15, -0.1) is 4.70 Å². The van der Waals surface area contributed by atoms with Gasteiger partial charge in [0, 0.05) is 12.1 Å². The zero-order valence-electron chi connectivity index (χ0n) is 8.49. The van der Waals surface area contributed by atoms with E-state index in [2.05, 4.69) is 0 Å². The maximum absolute atomic E-state index is 6.03. The van der Waals surface area contributed by atoms with Gasteiger partial charge in [-0.3, -0.25) is 0 Å². The normalized spacial score (nSPS) is 13.0. The highest BCUT2D eigenvalue weighted by molar-refractivity contribution is 5.41. The van der Waals surface area contributed by atoms with Crippen LogP contribution in [0.3, 0.4) is 0 Å². The van der Waals surface area contributed by atoms with Crippen molar-refractivity contribution in [2.24, 2.45) is 11.7 Å². The number of para-hydroxylation sites is 1. The Morgan fingerprint density at radius 2 is 1.46 bits per heavy atom. The van der Waals surface area contributed by atoms with Crippen LogP contribution in [0.2, 0.25) is 0 Å². The van der Waals surface area contributed by atoms with Gasteiger partial charge >= 0.3 is 0 Å². The predicted molar refractivity (Wildman–Crippen MR) is 56.4 cm³/mol. The molecule has 0 heterocycles. The fourth-order valence-electron chi connectivity index (χ4n) is 1.06. The molecule has 3 nitrogen and oxygen atoms in total. The molecule has 1 rings (SSSR count). The molecule has 13 heavy (non-hydrogen) atoms. The van der Waals surface area contributed by atoms with Crippen LogP contribution in [0.4, 0.5) is 5.69 Å². The Hall–Kier alpha value is -0.900. The minimum atomic E-state index is -0.207. The SMILES string of the molecule is CC(C)(C)[N+](N)(N)c1ccccc1. The summed E-state index contributed by atoms with van der Waals surface area (Å²) in [5.74, 6) is 12.1. The van der Waals surface area contributed by atoms with Crippen LogP contribution in [0.15, 0.2) is 30.3 Å². The van der Waals surface area contributed by atoms with Crippen molar-refractivity contribution >= 4 is 5.69 Å². The van der Waals surface area contributed by atoms with Crippen LogP contribution in [0.25, 0.3) is 0 Å². The molecule has 1 aromatic rings. The lowest BCUT2D eigenvalue weighted by atomic mass is 10.1. The molecule has 1 aromatic carbocycles. The molecule has 0 fully saturated rings. The second kappa shape index (κ2) is 3.10. The Bertz CT molecular complexity index is 272. The number of benzene rings is 1. The van der Waals surface area contributed by atoms with Crippen molar-refractivity contribution < 1.29 is 0 Å². The summed E-state index contributed by atoms with van der Waals surface area (Å²) in [5.41, 5.74) is 0.705. The lowest BCUT2D eigenvalue weighted by Gasteiger charge is -2.38. The van der Waals surface area contributed by atoms with E-state index in [1.54, 1.807) is 0 Å². The van der Waals surface area contributed by atoms with Crippen LogP contribution in [-0.4, -0.2) is 5.54 Å². The van der Waals surface area contributed by atoms with E-state index in [0.717, 1.165) is 5.69 Å². The van der Waals surface area contributed by atoms with E-state index < -0.39 is 0 Å². The zero-order valence-corrected chi connectivity index (χ0v) is 8.49. The first-order chi connectivity index (χ1) is 5.86. The minimum absolute atomic E-state index is 0.0894. The predicted octanol–water partition coefficient (Wildman–Crippen LogP) is 1.54. The summed E-state index contributed by atoms with van der Waals surface area (Å²) < 4.78 is -0.0894. The van der Waals surface area contributed by atoms with Crippen molar-refractivity contribution in [1.29, 1.82) is 0 Å². The summed E-state index contributed by atoms with van der Waals surface area (Å²) in [5, 5.41) is 0. The molecule has 0 aromatic heterocycles. The first-order valence-electron chi connectivity index (χ1n) is 4.37. The van der Waals surface area contributed by atoms with Gasteiger partial charge in [-0.1, -0.05) is 18.2 Å². The van der Waals surface area contributed by atoms with E-state index in [4.69, 9.17) is 11.7 Å². The van der Waals surface area contributed by atoms with Gasteiger partial charge in [-0.2, -0.15) is 11.7 Å². The van der Waals surface area contributed by atoms with Gasteiger partial charge in [-0.25, -0.2) is 0 Å². The Morgan fingerprint density at radius 3 is 1.85 bits per heavy atom. The lowest BCUT2D eigenvalue weighted by Crippen LogP contribution is -2.72.